The van der Waals surface area contributed by atoms with E-state index in [-0.39, 0.29) is 0 Å². The van der Waals surface area contributed by atoms with E-state index in [2.05, 4.69) is 24.3 Å². The van der Waals surface area contributed by atoms with Crippen LogP contribution in [0.25, 0.3) is 0 Å². The van der Waals surface area contributed by atoms with Gasteiger partial charge in [-0.05, 0) is 35.4 Å². The molecule has 7 nitrogen and oxygen atoms in total. The maximum absolute atomic E-state index is 10.8. The lowest BCUT2D eigenvalue weighted by atomic mass is 10.0. The third-order valence-electron chi connectivity index (χ3n) is 5.12. The van der Waals surface area contributed by atoms with Gasteiger partial charge in [-0.2, -0.15) is 21.0 Å². The first-order valence-electron chi connectivity index (χ1n) is 10.5. The van der Waals surface area contributed by atoms with Crippen molar-refractivity contribution in [2.45, 2.75) is 31.8 Å². The number of nitrogens with zero attached hydrogens (tertiary/aromatic N) is 6. The van der Waals surface area contributed by atoms with Crippen molar-refractivity contribution in [2.75, 3.05) is 36.0 Å². The first-order chi connectivity index (χ1) is 15.6. The summed E-state index contributed by atoms with van der Waals surface area (Å²) in [4.78, 5) is 3.99. The predicted octanol–water partition coefficient (Wildman–Crippen LogP) is 4.04. The lowest BCUT2D eigenvalue weighted by Gasteiger charge is -2.24. The Morgan fingerprint density at radius 3 is 1.09 bits per heavy atom. The molecule has 0 heterocycles. The quantitative estimate of drug-likeness (QED) is 0.543. The number of benzene rings is 2. The predicted molar refractivity (Wildman–Crippen MR) is 122 cm³/mol. The monoisotopic (exact) mass is 426 g/mol. The lowest BCUT2D eigenvalue weighted by molar-refractivity contribution is 0.220. The fourth-order valence-corrected chi connectivity index (χ4v) is 3.41. The van der Waals surface area contributed by atoms with Crippen LogP contribution < -0.4 is 9.80 Å². The van der Waals surface area contributed by atoms with Gasteiger partial charge < -0.3 is 14.9 Å². The number of hydrogen-bond acceptors (Lipinski definition) is 7. The van der Waals surface area contributed by atoms with Crippen molar-refractivity contribution in [3.05, 3.63) is 59.7 Å². The highest BCUT2D eigenvalue weighted by Crippen LogP contribution is 2.27. The Bertz CT molecular complexity index is 886. The second-order valence-corrected chi connectivity index (χ2v) is 7.19. The van der Waals surface area contributed by atoms with Crippen LogP contribution >= 0.6 is 0 Å². The highest BCUT2D eigenvalue weighted by atomic mass is 16.3. The van der Waals surface area contributed by atoms with Gasteiger partial charge in [-0.3, -0.25) is 0 Å². The van der Waals surface area contributed by atoms with Gasteiger partial charge >= 0.3 is 0 Å². The molecule has 162 valence electrons. The van der Waals surface area contributed by atoms with E-state index in [0.717, 1.165) is 22.5 Å². The third kappa shape index (κ3) is 7.03. The van der Waals surface area contributed by atoms with E-state index in [1.807, 2.05) is 58.3 Å². The zero-order valence-electron chi connectivity index (χ0n) is 18.0. The smallest absolute Gasteiger partial charge is 0.104 e. The average molecular weight is 427 g/mol. The second-order valence-electron chi connectivity index (χ2n) is 7.19. The first kappa shape index (κ1) is 24.2. The van der Waals surface area contributed by atoms with Gasteiger partial charge in [0.15, 0.2) is 0 Å². The minimum Gasteiger partial charge on any atom is -0.384 e. The Morgan fingerprint density at radius 1 is 0.562 bits per heavy atom. The number of rotatable bonds is 12. The topological polar surface area (TPSA) is 122 Å². The number of aliphatic hydroxyl groups is 1. The van der Waals surface area contributed by atoms with Crippen molar-refractivity contribution in [1.82, 2.24) is 0 Å². The molecule has 0 bridgehead atoms. The molecule has 7 heteroatoms. The Labute approximate surface area is 189 Å². The van der Waals surface area contributed by atoms with E-state index < -0.39 is 6.10 Å². The molecule has 0 amide bonds. The summed E-state index contributed by atoms with van der Waals surface area (Å²) in [6.07, 6.45) is 0.713. The van der Waals surface area contributed by atoms with Crippen LogP contribution in [0, 0.1) is 45.3 Å². The zero-order valence-corrected chi connectivity index (χ0v) is 18.0. The summed E-state index contributed by atoms with van der Waals surface area (Å²) in [5, 5.41) is 46.3. The normalized spacial score (nSPS) is 9.94. The molecule has 0 aromatic heterocycles. The molecule has 0 fully saturated rings. The number of nitriles is 4. The van der Waals surface area contributed by atoms with Crippen LogP contribution in [0.5, 0.6) is 0 Å². The molecule has 0 aliphatic rings. The van der Waals surface area contributed by atoms with Gasteiger partial charge in [0.05, 0.1) is 50.0 Å². The standard InChI is InChI=1S/C25H26N6O/c26-13-1-17-30(18-2-14-27)23-9-5-21(6-10-23)25(32)22-7-11-24(12-8-22)31(19-3-15-28)20-4-16-29/h5-12,25,32H,1-4,17-20H2. The number of hydrogen-bond donors (Lipinski definition) is 1. The maximum Gasteiger partial charge on any atom is 0.104 e. The van der Waals surface area contributed by atoms with Crippen molar-refractivity contribution in [2.24, 2.45) is 0 Å². The van der Waals surface area contributed by atoms with Crippen LogP contribution in [-0.2, 0) is 0 Å². The van der Waals surface area contributed by atoms with Crippen LogP contribution in [0.4, 0.5) is 11.4 Å². The lowest BCUT2D eigenvalue weighted by Crippen LogP contribution is -2.25. The summed E-state index contributed by atoms with van der Waals surface area (Å²) in [6.45, 7) is 2.20. The van der Waals surface area contributed by atoms with Crippen molar-refractivity contribution < 1.29 is 5.11 Å². The van der Waals surface area contributed by atoms with Crippen molar-refractivity contribution in [3.63, 3.8) is 0 Å². The molecule has 2 rings (SSSR count). The summed E-state index contributed by atoms with van der Waals surface area (Å²) in [7, 11) is 0. The summed E-state index contributed by atoms with van der Waals surface area (Å²) in [5.74, 6) is 0. The number of anilines is 2. The Hall–Kier alpha value is -4.04. The molecule has 0 atom stereocenters. The highest BCUT2D eigenvalue weighted by molar-refractivity contribution is 5.51. The van der Waals surface area contributed by atoms with Gasteiger partial charge in [0.25, 0.3) is 0 Å². The van der Waals surface area contributed by atoms with Crippen molar-refractivity contribution in [3.8, 4) is 24.3 Å². The Balaban J connectivity index is 2.12. The van der Waals surface area contributed by atoms with Crippen molar-refractivity contribution >= 4 is 11.4 Å². The largest absolute Gasteiger partial charge is 0.384 e. The van der Waals surface area contributed by atoms with Crippen molar-refractivity contribution in [1.29, 1.82) is 21.0 Å². The molecule has 0 spiro atoms. The fraction of sp³-hybridized carbons (Fsp3) is 0.360. The zero-order chi connectivity index (χ0) is 23.2. The molecule has 32 heavy (non-hydrogen) atoms. The third-order valence-corrected chi connectivity index (χ3v) is 5.12. The van der Waals surface area contributed by atoms with E-state index in [9.17, 15) is 5.11 Å². The minimum absolute atomic E-state index is 0.377. The minimum atomic E-state index is -0.795. The molecule has 0 saturated carbocycles. The van der Waals surface area contributed by atoms with Gasteiger partial charge in [-0.15, -0.1) is 0 Å². The Kier molecular flexibility index (Phi) is 10.1. The van der Waals surface area contributed by atoms with Gasteiger partial charge in [-0.25, -0.2) is 0 Å². The molecule has 0 aliphatic carbocycles. The summed E-state index contributed by atoms with van der Waals surface area (Å²) in [5.41, 5.74) is 3.31. The Morgan fingerprint density at radius 2 is 0.844 bits per heavy atom. The van der Waals surface area contributed by atoms with E-state index in [4.69, 9.17) is 21.0 Å². The van der Waals surface area contributed by atoms with Crippen LogP contribution in [-0.4, -0.2) is 31.3 Å². The maximum atomic E-state index is 10.8. The molecule has 1 N–H and O–H groups in total. The molecule has 0 saturated heterocycles. The van der Waals surface area contributed by atoms with E-state index in [0.29, 0.717) is 51.9 Å². The van der Waals surface area contributed by atoms with Gasteiger partial charge in [0.2, 0.25) is 0 Å². The number of aliphatic hydroxyl groups excluding tert-OH is 1. The molecule has 0 aliphatic heterocycles. The highest BCUT2D eigenvalue weighted by Gasteiger charge is 2.13. The molecular formula is C25H26N6O. The van der Waals surface area contributed by atoms with E-state index in [1.165, 1.54) is 0 Å². The van der Waals surface area contributed by atoms with Gasteiger partial charge in [0, 0.05) is 37.6 Å². The van der Waals surface area contributed by atoms with E-state index >= 15 is 0 Å². The molecule has 2 aromatic rings. The van der Waals surface area contributed by atoms with Crippen LogP contribution in [0.3, 0.4) is 0 Å². The first-order valence-corrected chi connectivity index (χ1v) is 10.5. The molecule has 0 radical (unpaired) electrons. The van der Waals surface area contributed by atoms with Crippen LogP contribution in [0.15, 0.2) is 48.5 Å². The molecule has 0 unspecified atom stereocenters. The van der Waals surface area contributed by atoms with Crippen LogP contribution in [0.2, 0.25) is 0 Å². The summed E-state index contributed by atoms with van der Waals surface area (Å²) < 4.78 is 0. The van der Waals surface area contributed by atoms with Gasteiger partial charge in [-0.1, -0.05) is 24.3 Å². The fourth-order valence-electron chi connectivity index (χ4n) is 3.41. The summed E-state index contributed by atoms with van der Waals surface area (Å²) in [6, 6.07) is 23.5. The van der Waals surface area contributed by atoms with E-state index in [1.54, 1.807) is 0 Å². The SMILES string of the molecule is N#CCCN(CCC#N)c1ccc(C(O)c2ccc(N(CCC#N)CCC#N)cc2)cc1. The summed E-state index contributed by atoms with van der Waals surface area (Å²) >= 11 is 0. The average Bonchev–Trinajstić information content (AvgIpc) is 2.84. The molecular weight excluding hydrogens is 400 g/mol. The molecule has 2 aromatic carbocycles. The second kappa shape index (κ2) is 13.3. The van der Waals surface area contributed by atoms with Crippen LogP contribution in [0.1, 0.15) is 42.9 Å². The van der Waals surface area contributed by atoms with Gasteiger partial charge in [0.1, 0.15) is 6.10 Å².